The molecule has 0 heterocycles. The van der Waals surface area contributed by atoms with Crippen LogP contribution in [0.4, 0.5) is 0 Å². The summed E-state index contributed by atoms with van der Waals surface area (Å²) in [7, 11) is 0. The average Bonchev–Trinajstić information content (AvgIpc) is 2.36. The van der Waals surface area contributed by atoms with Crippen LogP contribution in [-0.4, -0.2) is 21.8 Å². The zero-order valence-electron chi connectivity index (χ0n) is 10.9. The normalized spacial score (nSPS) is 22.3. The van der Waals surface area contributed by atoms with Crippen LogP contribution in [0, 0.1) is 11.8 Å². The van der Waals surface area contributed by atoms with Gasteiger partial charge in [-0.05, 0) is 36.3 Å². The summed E-state index contributed by atoms with van der Waals surface area (Å²) in [5.41, 5.74) is 0.840. The Labute approximate surface area is 107 Å². The van der Waals surface area contributed by atoms with Crippen LogP contribution in [-0.2, 0) is 17.6 Å². The highest BCUT2D eigenvalue weighted by molar-refractivity contribution is 5.78. The number of rotatable bonds is 3. The molecule has 98 valence electrons. The number of fused-ring (bicyclic) bond motifs is 1. The first kappa shape index (κ1) is 13.1. The highest BCUT2D eigenvalue weighted by atomic mass is 16.4. The summed E-state index contributed by atoms with van der Waals surface area (Å²) in [4.78, 5) is 11.4. The van der Waals surface area contributed by atoms with Gasteiger partial charge in [-0.25, -0.2) is 4.79 Å². The Hall–Kier alpha value is -1.35. The molecule has 1 aromatic rings. The number of carbonyl (C=O) groups is 1. The molecular formula is C15H20O3. The maximum absolute atomic E-state index is 11.4. The molecule has 1 aliphatic rings. The molecule has 1 aliphatic carbocycles. The molecule has 3 nitrogen and oxygen atoms in total. The molecule has 0 saturated carbocycles. The van der Waals surface area contributed by atoms with Crippen LogP contribution in [0.25, 0.3) is 0 Å². The van der Waals surface area contributed by atoms with E-state index in [-0.39, 0.29) is 11.8 Å². The highest BCUT2D eigenvalue weighted by Crippen LogP contribution is 2.36. The van der Waals surface area contributed by atoms with Crippen LogP contribution >= 0.6 is 0 Å². The van der Waals surface area contributed by atoms with Gasteiger partial charge in [-0.15, -0.1) is 0 Å². The van der Waals surface area contributed by atoms with Crippen molar-refractivity contribution < 1.29 is 15.0 Å². The first-order valence-electron chi connectivity index (χ1n) is 6.48. The van der Waals surface area contributed by atoms with Crippen molar-refractivity contribution in [3.05, 3.63) is 35.4 Å². The molecule has 2 rings (SSSR count). The first-order valence-corrected chi connectivity index (χ1v) is 6.48. The lowest BCUT2D eigenvalue weighted by atomic mass is 9.70. The molecule has 0 spiro atoms. The van der Waals surface area contributed by atoms with Crippen LogP contribution in [0.3, 0.4) is 0 Å². The Kier molecular flexibility index (Phi) is 3.44. The first-order chi connectivity index (χ1) is 8.46. The number of hydrogen-bond acceptors (Lipinski definition) is 2. The SMILES string of the molecule is CC(C)C(O)(C(=O)O)C1CCc2ccccc2C1. The third kappa shape index (κ3) is 2.03. The molecule has 0 radical (unpaired) electrons. The van der Waals surface area contributed by atoms with Crippen molar-refractivity contribution in [1.29, 1.82) is 0 Å². The second-order valence-corrected chi connectivity index (χ2v) is 5.49. The van der Waals surface area contributed by atoms with E-state index in [1.54, 1.807) is 13.8 Å². The van der Waals surface area contributed by atoms with Gasteiger partial charge in [0, 0.05) is 5.92 Å². The Morgan fingerprint density at radius 3 is 2.50 bits per heavy atom. The second-order valence-electron chi connectivity index (χ2n) is 5.49. The zero-order valence-corrected chi connectivity index (χ0v) is 10.9. The van der Waals surface area contributed by atoms with Crippen LogP contribution in [0.15, 0.2) is 24.3 Å². The van der Waals surface area contributed by atoms with E-state index >= 15 is 0 Å². The van der Waals surface area contributed by atoms with Crippen molar-refractivity contribution in [3.63, 3.8) is 0 Å². The van der Waals surface area contributed by atoms with Gasteiger partial charge in [0.05, 0.1) is 0 Å². The van der Waals surface area contributed by atoms with E-state index in [4.69, 9.17) is 0 Å². The van der Waals surface area contributed by atoms with Crippen LogP contribution in [0.5, 0.6) is 0 Å². The summed E-state index contributed by atoms with van der Waals surface area (Å²) in [6.07, 6.45) is 2.23. The molecule has 1 aromatic carbocycles. The van der Waals surface area contributed by atoms with Gasteiger partial charge in [0.15, 0.2) is 5.60 Å². The average molecular weight is 248 g/mol. The van der Waals surface area contributed by atoms with Crippen molar-refractivity contribution >= 4 is 5.97 Å². The van der Waals surface area contributed by atoms with E-state index < -0.39 is 11.6 Å². The van der Waals surface area contributed by atoms with E-state index in [2.05, 4.69) is 6.07 Å². The molecule has 0 aliphatic heterocycles. The van der Waals surface area contributed by atoms with Gasteiger partial charge < -0.3 is 10.2 Å². The van der Waals surface area contributed by atoms with Gasteiger partial charge in [0.1, 0.15) is 0 Å². The minimum atomic E-state index is -1.62. The lowest BCUT2D eigenvalue weighted by Crippen LogP contribution is -2.52. The Morgan fingerprint density at radius 1 is 1.33 bits per heavy atom. The van der Waals surface area contributed by atoms with Crippen LogP contribution in [0.1, 0.15) is 31.4 Å². The smallest absolute Gasteiger partial charge is 0.336 e. The topological polar surface area (TPSA) is 57.5 Å². The third-order valence-corrected chi connectivity index (χ3v) is 4.19. The number of aliphatic carboxylic acids is 1. The lowest BCUT2D eigenvalue weighted by Gasteiger charge is -2.38. The molecule has 2 N–H and O–H groups in total. The molecule has 0 saturated heterocycles. The predicted molar refractivity (Wildman–Crippen MR) is 69.4 cm³/mol. The predicted octanol–water partition coefficient (Wildman–Crippen LogP) is 2.26. The molecule has 0 bridgehead atoms. The standard InChI is InChI=1S/C15H20O3/c1-10(2)15(18,14(16)17)13-8-7-11-5-3-4-6-12(11)9-13/h3-6,10,13,18H,7-9H2,1-2H3,(H,16,17). The van der Waals surface area contributed by atoms with E-state index in [9.17, 15) is 15.0 Å². The van der Waals surface area contributed by atoms with Crippen molar-refractivity contribution in [2.45, 2.75) is 38.7 Å². The molecule has 18 heavy (non-hydrogen) atoms. The van der Waals surface area contributed by atoms with Crippen LogP contribution in [0.2, 0.25) is 0 Å². The third-order valence-electron chi connectivity index (χ3n) is 4.19. The number of carboxylic acids is 1. The number of carboxylic acid groups (broad SMARTS) is 1. The van der Waals surface area contributed by atoms with Crippen molar-refractivity contribution in [1.82, 2.24) is 0 Å². The molecule has 2 unspecified atom stereocenters. The monoisotopic (exact) mass is 248 g/mol. The van der Waals surface area contributed by atoms with Gasteiger partial charge in [-0.2, -0.15) is 0 Å². The molecule has 2 atom stereocenters. The van der Waals surface area contributed by atoms with Crippen molar-refractivity contribution in [3.8, 4) is 0 Å². The number of aliphatic hydroxyl groups is 1. The number of aryl methyl sites for hydroxylation is 1. The maximum Gasteiger partial charge on any atom is 0.336 e. The Bertz CT molecular complexity index is 453. The molecule has 0 aromatic heterocycles. The van der Waals surface area contributed by atoms with E-state index in [1.807, 2.05) is 18.2 Å². The maximum atomic E-state index is 11.4. The van der Waals surface area contributed by atoms with E-state index in [1.165, 1.54) is 11.1 Å². The minimum absolute atomic E-state index is 0.204. The van der Waals surface area contributed by atoms with Crippen LogP contribution < -0.4 is 0 Å². The van der Waals surface area contributed by atoms with Gasteiger partial charge >= 0.3 is 5.97 Å². The summed E-state index contributed by atoms with van der Waals surface area (Å²) in [5.74, 6) is -1.59. The lowest BCUT2D eigenvalue weighted by molar-refractivity contribution is -0.172. The molecular weight excluding hydrogens is 228 g/mol. The van der Waals surface area contributed by atoms with Crippen molar-refractivity contribution in [2.24, 2.45) is 11.8 Å². The van der Waals surface area contributed by atoms with Crippen molar-refractivity contribution in [2.75, 3.05) is 0 Å². The zero-order chi connectivity index (χ0) is 13.3. The minimum Gasteiger partial charge on any atom is -0.479 e. The fraction of sp³-hybridized carbons (Fsp3) is 0.533. The Balaban J connectivity index is 2.29. The van der Waals surface area contributed by atoms with Gasteiger partial charge in [0.25, 0.3) is 0 Å². The fourth-order valence-electron chi connectivity index (χ4n) is 2.97. The molecule has 0 amide bonds. The van der Waals surface area contributed by atoms with Gasteiger partial charge in [0.2, 0.25) is 0 Å². The van der Waals surface area contributed by atoms with E-state index in [0.717, 1.165) is 12.8 Å². The molecule has 3 heteroatoms. The molecule has 0 fully saturated rings. The number of benzene rings is 1. The highest BCUT2D eigenvalue weighted by Gasteiger charge is 2.47. The quantitative estimate of drug-likeness (QED) is 0.862. The summed E-state index contributed by atoms with van der Waals surface area (Å²) in [6.45, 7) is 3.54. The second kappa shape index (κ2) is 4.73. The van der Waals surface area contributed by atoms with Gasteiger partial charge in [-0.3, -0.25) is 0 Å². The fourth-order valence-corrected chi connectivity index (χ4v) is 2.97. The Morgan fingerprint density at radius 2 is 1.94 bits per heavy atom. The summed E-state index contributed by atoms with van der Waals surface area (Å²) in [6, 6.07) is 8.09. The summed E-state index contributed by atoms with van der Waals surface area (Å²) >= 11 is 0. The number of hydrogen-bond donors (Lipinski definition) is 2. The summed E-state index contributed by atoms with van der Waals surface area (Å²) < 4.78 is 0. The largest absolute Gasteiger partial charge is 0.479 e. The summed E-state index contributed by atoms with van der Waals surface area (Å²) in [5, 5.41) is 19.9. The van der Waals surface area contributed by atoms with E-state index in [0.29, 0.717) is 6.42 Å². The van der Waals surface area contributed by atoms with Gasteiger partial charge in [-0.1, -0.05) is 38.1 Å².